The van der Waals surface area contributed by atoms with Gasteiger partial charge in [0.1, 0.15) is 16.0 Å². The van der Waals surface area contributed by atoms with Crippen molar-refractivity contribution in [2.75, 3.05) is 11.9 Å². The first kappa shape index (κ1) is 23.9. The molecule has 1 amide bonds. The molecule has 35 heavy (non-hydrogen) atoms. The van der Waals surface area contributed by atoms with Crippen LogP contribution in [0, 0.1) is 11.3 Å². The minimum absolute atomic E-state index is 0.0402. The summed E-state index contributed by atoms with van der Waals surface area (Å²) in [5, 5.41) is 9.41. The van der Waals surface area contributed by atoms with Gasteiger partial charge in [-0.25, -0.2) is 4.79 Å². The summed E-state index contributed by atoms with van der Waals surface area (Å²) in [6.07, 6.45) is 2.69. The Hall–Kier alpha value is -2.84. The van der Waals surface area contributed by atoms with Gasteiger partial charge in [0.15, 0.2) is 11.5 Å². The Labute approximate surface area is 213 Å². The van der Waals surface area contributed by atoms with Crippen LogP contribution >= 0.6 is 22.7 Å². The van der Waals surface area contributed by atoms with Crippen LogP contribution in [-0.2, 0) is 12.8 Å². The predicted octanol–water partition coefficient (Wildman–Crippen LogP) is 6.43. The molecule has 0 fully saturated rings. The molecule has 2 atom stereocenters. The molecule has 2 aromatic heterocycles. The molecule has 0 radical (unpaired) electrons. The summed E-state index contributed by atoms with van der Waals surface area (Å²) in [4.78, 5) is 27.5. The molecule has 0 saturated heterocycles. The van der Waals surface area contributed by atoms with Crippen molar-refractivity contribution < 1.29 is 19.1 Å². The van der Waals surface area contributed by atoms with Gasteiger partial charge in [-0.2, -0.15) is 0 Å². The van der Waals surface area contributed by atoms with Crippen molar-refractivity contribution in [1.29, 1.82) is 0 Å². The van der Waals surface area contributed by atoms with Gasteiger partial charge in [0, 0.05) is 4.88 Å². The summed E-state index contributed by atoms with van der Waals surface area (Å²) in [6, 6.07) is 8.94. The van der Waals surface area contributed by atoms with Crippen LogP contribution in [0.5, 0.6) is 11.5 Å². The Morgan fingerprint density at radius 3 is 2.71 bits per heavy atom. The number of anilines is 1. The number of carbonyl (C=O) groups is 2. The van der Waals surface area contributed by atoms with Crippen LogP contribution in [-0.4, -0.2) is 18.5 Å². The molecule has 2 aliphatic rings. The fourth-order valence-electron chi connectivity index (χ4n) is 4.81. The highest BCUT2D eigenvalue weighted by atomic mass is 32.1. The van der Waals surface area contributed by atoms with Gasteiger partial charge >= 0.3 is 5.97 Å². The molecule has 0 spiro atoms. The second-order valence-corrected chi connectivity index (χ2v) is 12.1. The Bertz CT molecular complexity index is 1260. The van der Waals surface area contributed by atoms with Crippen LogP contribution in [0.15, 0.2) is 35.7 Å². The highest BCUT2D eigenvalue weighted by Gasteiger charge is 2.36. The van der Waals surface area contributed by atoms with E-state index in [4.69, 9.17) is 9.47 Å². The third kappa shape index (κ3) is 4.69. The standard InChI is InChI=1S/C27H30N2O4S2/c1-5-32-19-13-15(8-11-18(19)33-26(31)20-7-6-12-34-20)23-28-24(30)22-17-10-9-16(27(2,3)4)14-21(17)35-25(22)29-23/h6-8,11-13,16,23,29H,5,9-10,14H2,1-4H3,(H,28,30)/t16-,23+/m0/s1. The van der Waals surface area contributed by atoms with Crippen LogP contribution in [0.3, 0.4) is 0 Å². The summed E-state index contributed by atoms with van der Waals surface area (Å²) in [5.41, 5.74) is 3.10. The Morgan fingerprint density at radius 2 is 2.00 bits per heavy atom. The minimum Gasteiger partial charge on any atom is -0.490 e. The number of carbonyl (C=O) groups excluding carboxylic acids is 2. The first-order valence-corrected chi connectivity index (χ1v) is 13.7. The minimum atomic E-state index is -0.417. The van der Waals surface area contributed by atoms with Crippen LogP contribution in [0.1, 0.15) is 76.3 Å². The summed E-state index contributed by atoms with van der Waals surface area (Å²) in [5.74, 6) is 0.987. The van der Waals surface area contributed by atoms with Crippen LogP contribution in [0.2, 0.25) is 0 Å². The van der Waals surface area contributed by atoms with Crippen molar-refractivity contribution in [2.45, 2.75) is 53.1 Å². The third-order valence-electron chi connectivity index (χ3n) is 6.79. The fourth-order valence-corrected chi connectivity index (χ4v) is 6.76. The lowest BCUT2D eigenvalue weighted by atomic mass is 9.72. The van der Waals surface area contributed by atoms with E-state index in [2.05, 4.69) is 31.4 Å². The van der Waals surface area contributed by atoms with Crippen molar-refractivity contribution in [2.24, 2.45) is 11.3 Å². The van der Waals surface area contributed by atoms with Gasteiger partial charge in [-0.1, -0.05) is 32.9 Å². The monoisotopic (exact) mass is 510 g/mol. The van der Waals surface area contributed by atoms with E-state index in [1.54, 1.807) is 23.5 Å². The van der Waals surface area contributed by atoms with Crippen LogP contribution in [0.4, 0.5) is 5.00 Å². The molecule has 8 heteroatoms. The first-order chi connectivity index (χ1) is 16.7. The van der Waals surface area contributed by atoms with Crippen LogP contribution < -0.4 is 20.1 Å². The number of hydrogen-bond donors (Lipinski definition) is 2. The number of rotatable bonds is 5. The quantitative estimate of drug-likeness (QED) is 0.305. The Morgan fingerprint density at radius 1 is 1.17 bits per heavy atom. The number of fused-ring (bicyclic) bond motifs is 3. The highest BCUT2D eigenvalue weighted by Crippen LogP contribution is 2.46. The molecule has 0 unspecified atom stereocenters. The van der Waals surface area contributed by atoms with Crippen molar-refractivity contribution in [3.63, 3.8) is 0 Å². The number of hydrogen-bond acceptors (Lipinski definition) is 7. The van der Waals surface area contributed by atoms with Gasteiger partial charge in [-0.3, -0.25) is 4.79 Å². The van der Waals surface area contributed by atoms with E-state index in [0.717, 1.165) is 35.4 Å². The molecular weight excluding hydrogens is 480 g/mol. The molecule has 1 aliphatic carbocycles. The maximum absolute atomic E-state index is 13.2. The summed E-state index contributed by atoms with van der Waals surface area (Å²) >= 11 is 3.04. The van der Waals surface area contributed by atoms with E-state index in [1.165, 1.54) is 21.8 Å². The summed E-state index contributed by atoms with van der Waals surface area (Å²) in [6.45, 7) is 9.21. The average molecular weight is 511 g/mol. The van der Waals surface area contributed by atoms with Crippen molar-refractivity contribution in [1.82, 2.24) is 5.32 Å². The molecule has 5 rings (SSSR count). The number of ether oxygens (including phenoxy) is 2. The lowest BCUT2D eigenvalue weighted by Gasteiger charge is -2.34. The summed E-state index contributed by atoms with van der Waals surface area (Å²) in [7, 11) is 0. The summed E-state index contributed by atoms with van der Waals surface area (Å²) < 4.78 is 11.4. The molecule has 0 saturated carbocycles. The second kappa shape index (κ2) is 9.32. The topological polar surface area (TPSA) is 76.7 Å². The number of benzene rings is 1. The van der Waals surface area contributed by atoms with E-state index in [0.29, 0.717) is 28.9 Å². The highest BCUT2D eigenvalue weighted by molar-refractivity contribution is 7.16. The maximum Gasteiger partial charge on any atom is 0.353 e. The normalized spacial score (nSPS) is 19.3. The van der Waals surface area contributed by atoms with Gasteiger partial charge in [-0.15, -0.1) is 22.7 Å². The van der Waals surface area contributed by atoms with Crippen molar-refractivity contribution in [3.05, 3.63) is 62.2 Å². The van der Waals surface area contributed by atoms with E-state index in [9.17, 15) is 9.59 Å². The molecule has 3 aromatic rings. The molecule has 1 aromatic carbocycles. The third-order valence-corrected chi connectivity index (χ3v) is 8.83. The predicted molar refractivity (Wildman–Crippen MR) is 140 cm³/mol. The molecule has 2 N–H and O–H groups in total. The smallest absolute Gasteiger partial charge is 0.353 e. The van der Waals surface area contributed by atoms with Gasteiger partial charge in [0.2, 0.25) is 0 Å². The van der Waals surface area contributed by atoms with Gasteiger partial charge < -0.3 is 20.1 Å². The van der Waals surface area contributed by atoms with Crippen molar-refractivity contribution >= 4 is 39.6 Å². The van der Waals surface area contributed by atoms with Gasteiger partial charge in [0.05, 0.1) is 12.2 Å². The maximum atomic E-state index is 13.2. The Kier molecular flexibility index (Phi) is 6.36. The molecule has 184 valence electrons. The number of amides is 1. The molecule has 0 bridgehead atoms. The van der Waals surface area contributed by atoms with Crippen LogP contribution in [0.25, 0.3) is 0 Å². The molecular formula is C27H30N2O4S2. The first-order valence-electron chi connectivity index (χ1n) is 12.0. The van der Waals surface area contributed by atoms with E-state index in [-0.39, 0.29) is 11.3 Å². The number of esters is 1. The lowest BCUT2D eigenvalue weighted by molar-refractivity contribution is 0.0733. The van der Waals surface area contributed by atoms with E-state index in [1.807, 2.05) is 30.5 Å². The zero-order chi connectivity index (χ0) is 24.7. The molecule has 1 aliphatic heterocycles. The zero-order valence-electron chi connectivity index (χ0n) is 20.4. The Balaban J connectivity index is 1.39. The molecule has 6 nitrogen and oxygen atoms in total. The van der Waals surface area contributed by atoms with Gasteiger partial charge in [0.25, 0.3) is 5.91 Å². The SMILES string of the molecule is CCOc1cc([C@@H]2NC(=O)c3c(sc4c3CC[C@H](C(C)(C)C)C4)N2)ccc1OC(=O)c1cccs1. The van der Waals surface area contributed by atoms with E-state index < -0.39 is 12.1 Å². The number of thiophene rings is 2. The average Bonchev–Trinajstić information content (AvgIpc) is 3.47. The fraction of sp³-hybridized carbons (Fsp3) is 0.407. The number of nitrogens with one attached hydrogen (secondary N) is 2. The van der Waals surface area contributed by atoms with Crippen molar-refractivity contribution in [3.8, 4) is 11.5 Å². The molecule has 3 heterocycles. The lowest BCUT2D eigenvalue weighted by Crippen LogP contribution is -2.38. The van der Waals surface area contributed by atoms with Gasteiger partial charge in [-0.05, 0) is 72.2 Å². The zero-order valence-corrected chi connectivity index (χ0v) is 22.0. The largest absolute Gasteiger partial charge is 0.490 e. The second-order valence-electron chi connectivity index (χ2n) is 10.1. The van der Waals surface area contributed by atoms with E-state index >= 15 is 0 Å².